The minimum absolute atomic E-state index is 0.0283. The molecule has 1 aliphatic carbocycles. The van der Waals surface area contributed by atoms with Crippen LogP contribution in [-0.4, -0.2) is 5.78 Å². The summed E-state index contributed by atoms with van der Waals surface area (Å²) in [5.74, 6) is 0.0283. The summed E-state index contributed by atoms with van der Waals surface area (Å²) in [6, 6.07) is 7.68. The van der Waals surface area contributed by atoms with E-state index < -0.39 is 5.41 Å². The normalized spacial score (nSPS) is 16.6. The lowest BCUT2D eigenvalue weighted by molar-refractivity contribution is 0.0988. The first-order valence-corrected chi connectivity index (χ1v) is 5.76. The number of halogens is 1. The lowest BCUT2D eigenvalue weighted by Crippen LogP contribution is -2.07. The third-order valence-corrected chi connectivity index (χ3v) is 3.51. The number of nitrogens with zero attached hydrogens (tertiary/aromatic N) is 1. The van der Waals surface area contributed by atoms with Crippen LogP contribution in [0.25, 0.3) is 0 Å². The van der Waals surface area contributed by atoms with Gasteiger partial charge in [0.05, 0.1) is 16.5 Å². The first kappa shape index (κ1) is 11.2. The molecule has 82 valence electrons. The second-order valence-corrected chi connectivity index (χ2v) is 4.52. The number of Topliss-reactive ketones (excluding diaryl/α,β-unsaturated/α-hetero) is 1. The summed E-state index contributed by atoms with van der Waals surface area (Å²) in [4.78, 5) is 11.7. The van der Waals surface area contributed by atoms with Crippen molar-refractivity contribution in [3.8, 4) is 6.07 Å². The maximum Gasteiger partial charge on any atom is 0.164 e. The van der Waals surface area contributed by atoms with Crippen LogP contribution >= 0.6 is 11.6 Å². The van der Waals surface area contributed by atoms with Gasteiger partial charge < -0.3 is 0 Å². The Hall–Kier alpha value is -1.33. The van der Waals surface area contributed by atoms with Gasteiger partial charge in [-0.2, -0.15) is 5.26 Å². The molecule has 0 amide bonds. The van der Waals surface area contributed by atoms with Gasteiger partial charge in [-0.1, -0.05) is 30.7 Å². The maximum absolute atomic E-state index is 11.7. The molecule has 1 aliphatic rings. The van der Waals surface area contributed by atoms with Gasteiger partial charge in [0.25, 0.3) is 0 Å². The van der Waals surface area contributed by atoms with E-state index >= 15 is 0 Å². The van der Waals surface area contributed by atoms with E-state index in [2.05, 4.69) is 6.07 Å². The Bertz CT molecular complexity index is 483. The van der Waals surface area contributed by atoms with E-state index in [0.717, 1.165) is 18.4 Å². The van der Waals surface area contributed by atoms with Gasteiger partial charge in [0, 0.05) is 12.0 Å². The Labute approximate surface area is 99.8 Å². The van der Waals surface area contributed by atoms with Gasteiger partial charge in [-0.05, 0) is 24.5 Å². The van der Waals surface area contributed by atoms with Crippen LogP contribution in [0.3, 0.4) is 0 Å². The average molecular weight is 234 g/mol. The molecule has 1 aromatic rings. The minimum Gasteiger partial charge on any atom is -0.294 e. The zero-order chi connectivity index (χ0) is 11.8. The summed E-state index contributed by atoms with van der Waals surface area (Å²) in [6.45, 7) is 1.81. The fraction of sp³-hybridized carbons (Fsp3) is 0.385. The van der Waals surface area contributed by atoms with Gasteiger partial charge in [-0.3, -0.25) is 4.79 Å². The fourth-order valence-electron chi connectivity index (χ4n) is 1.87. The van der Waals surface area contributed by atoms with Crippen molar-refractivity contribution in [1.82, 2.24) is 0 Å². The van der Waals surface area contributed by atoms with E-state index in [4.69, 9.17) is 16.9 Å². The molecule has 2 nitrogen and oxygen atoms in total. The highest BCUT2D eigenvalue weighted by Gasteiger charge is 2.46. The van der Waals surface area contributed by atoms with Crippen LogP contribution < -0.4 is 0 Å². The molecule has 2 rings (SSSR count). The Morgan fingerprint density at radius 3 is 2.75 bits per heavy atom. The third-order valence-electron chi connectivity index (χ3n) is 3.10. The summed E-state index contributed by atoms with van der Waals surface area (Å²) >= 11 is 6.21. The quantitative estimate of drug-likeness (QED) is 0.750. The second kappa shape index (κ2) is 3.92. The van der Waals surface area contributed by atoms with Crippen LogP contribution in [-0.2, 0) is 5.41 Å². The van der Waals surface area contributed by atoms with Gasteiger partial charge in [0.1, 0.15) is 0 Å². The number of benzene rings is 1. The minimum atomic E-state index is -0.429. The monoisotopic (exact) mass is 233 g/mol. The van der Waals surface area contributed by atoms with Crippen LogP contribution in [0.1, 0.15) is 42.1 Å². The number of rotatable bonds is 3. The highest BCUT2D eigenvalue weighted by atomic mass is 35.5. The molecule has 0 aliphatic heterocycles. The molecule has 1 fully saturated rings. The van der Waals surface area contributed by atoms with E-state index in [9.17, 15) is 4.79 Å². The zero-order valence-electron chi connectivity index (χ0n) is 9.09. The van der Waals surface area contributed by atoms with Crippen molar-refractivity contribution in [2.75, 3.05) is 0 Å². The Kier molecular flexibility index (Phi) is 2.73. The van der Waals surface area contributed by atoms with Crippen molar-refractivity contribution in [1.29, 1.82) is 5.26 Å². The van der Waals surface area contributed by atoms with Crippen LogP contribution in [0.4, 0.5) is 0 Å². The second-order valence-electron chi connectivity index (χ2n) is 4.14. The molecule has 0 aromatic heterocycles. The van der Waals surface area contributed by atoms with Crippen molar-refractivity contribution in [3.05, 3.63) is 34.3 Å². The summed E-state index contributed by atoms with van der Waals surface area (Å²) in [5.41, 5.74) is 0.931. The zero-order valence-corrected chi connectivity index (χ0v) is 9.84. The van der Waals surface area contributed by atoms with Crippen LogP contribution in [0.5, 0.6) is 0 Å². The predicted octanol–water partition coefficient (Wildman–Crippen LogP) is 3.49. The van der Waals surface area contributed by atoms with E-state index in [1.807, 2.05) is 19.1 Å². The molecule has 0 N–H and O–H groups in total. The SMILES string of the molecule is CCC(=O)c1cccc(C2(C#N)CC2)c1Cl. The van der Waals surface area contributed by atoms with Gasteiger partial charge in [-0.15, -0.1) is 0 Å². The molecular formula is C13H12ClNO. The summed E-state index contributed by atoms with van der Waals surface area (Å²) < 4.78 is 0. The maximum atomic E-state index is 11.7. The van der Waals surface area contributed by atoms with Crippen molar-refractivity contribution >= 4 is 17.4 Å². The largest absolute Gasteiger partial charge is 0.294 e. The molecule has 3 heteroatoms. The lowest BCUT2D eigenvalue weighted by Gasteiger charge is -2.11. The number of ketones is 1. The van der Waals surface area contributed by atoms with E-state index in [-0.39, 0.29) is 5.78 Å². The Morgan fingerprint density at radius 2 is 2.25 bits per heavy atom. The topological polar surface area (TPSA) is 40.9 Å². The Morgan fingerprint density at radius 1 is 1.56 bits per heavy atom. The third kappa shape index (κ3) is 1.62. The van der Waals surface area contributed by atoms with Crippen LogP contribution in [0.15, 0.2) is 18.2 Å². The van der Waals surface area contributed by atoms with Crippen molar-refractivity contribution in [2.45, 2.75) is 31.6 Å². The van der Waals surface area contributed by atoms with Crippen LogP contribution in [0.2, 0.25) is 5.02 Å². The molecule has 0 heterocycles. The summed E-state index contributed by atoms with van der Waals surface area (Å²) in [5, 5.41) is 9.59. The smallest absolute Gasteiger partial charge is 0.164 e. The number of nitriles is 1. The van der Waals surface area contributed by atoms with Crippen LogP contribution in [0, 0.1) is 11.3 Å². The van der Waals surface area contributed by atoms with Crippen molar-refractivity contribution in [2.24, 2.45) is 0 Å². The number of carbonyl (C=O) groups is 1. The van der Waals surface area contributed by atoms with E-state index in [1.54, 1.807) is 6.07 Å². The predicted molar refractivity (Wildman–Crippen MR) is 62.6 cm³/mol. The number of hydrogen-bond acceptors (Lipinski definition) is 2. The standard InChI is InChI=1S/C13H12ClNO/c1-2-11(16)9-4-3-5-10(12(9)14)13(8-15)6-7-13/h3-5H,2,6-7H2,1H3. The highest BCUT2D eigenvalue weighted by Crippen LogP contribution is 2.50. The molecule has 0 radical (unpaired) electrons. The molecule has 16 heavy (non-hydrogen) atoms. The molecule has 0 bridgehead atoms. The molecule has 0 atom stereocenters. The molecular weight excluding hydrogens is 222 g/mol. The Balaban J connectivity index is 2.50. The highest BCUT2D eigenvalue weighted by molar-refractivity contribution is 6.35. The van der Waals surface area contributed by atoms with E-state index in [1.165, 1.54) is 0 Å². The molecule has 1 aromatic carbocycles. The van der Waals surface area contributed by atoms with Crippen molar-refractivity contribution in [3.63, 3.8) is 0 Å². The van der Waals surface area contributed by atoms with Crippen molar-refractivity contribution < 1.29 is 4.79 Å². The molecule has 0 unspecified atom stereocenters. The molecule has 1 saturated carbocycles. The average Bonchev–Trinajstić information content (AvgIpc) is 3.09. The molecule has 0 saturated heterocycles. The first-order chi connectivity index (χ1) is 7.64. The van der Waals surface area contributed by atoms with Gasteiger partial charge >= 0.3 is 0 Å². The van der Waals surface area contributed by atoms with E-state index in [0.29, 0.717) is 17.0 Å². The fourth-order valence-corrected chi connectivity index (χ4v) is 2.29. The first-order valence-electron chi connectivity index (χ1n) is 5.38. The van der Waals surface area contributed by atoms with Gasteiger partial charge in [0.2, 0.25) is 0 Å². The van der Waals surface area contributed by atoms with Gasteiger partial charge in [0.15, 0.2) is 5.78 Å². The molecule has 0 spiro atoms. The number of hydrogen-bond donors (Lipinski definition) is 0. The summed E-state index contributed by atoms with van der Waals surface area (Å²) in [6.07, 6.45) is 2.11. The van der Waals surface area contributed by atoms with Gasteiger partial charge in [-0.25, -0.2) is 0 Å². The number of carbonyl (C=O) groups excluding carboxylic acids is 1. The lowest BCUT2D eigenvalue weighted by atomic mass is 9.94. The summed E-state index contributed by atoms with van der Waals surface area (Å²) in [7, 11) is 0.